The van der Waals surface area contributed by atoms with Gasteiger partial charge >= 0.3 is 6.36 Å². The Hall–Kier alpha value is -1.49. The number of ether oxygens (including phenoxy) is 2. The predicted molar refractivity (Wildman–Crippen MR) is 106 cm³/mol. The predicted octanol–water partition coefficient (Wildman–Crippen LogP) is 3.89. The van der Waals surface area contributed by atoms with E-state index in [0.717, 1.165) is 0 Å². The van der Waals surface area contributed by atoms with Gasteiger partial charge in [0.15, 0.2) is 0 Å². The van der Waals surface area contributed by atoms with Gasteiger partial charge in [-0.1, -0.05) is 13.8 Å². The molecule has 2 rings (SSSR count). The van der Waals surface area contributed by atoms with E-state index in [4.69, 9.17) is 4.74 Å². The van der Waals surface area contributed by atoms with Crippen molar-refractivity contribution in [1.82, 2.24) is 10.2 Å². The molecule has 2 atom stereocenters. The molecule has 6 nitrogen and oxygen atoms in total. The van der Waals surface area contributed by atoms with Crippen molar-refractivity contribution in [3.05, 3.63) is 0 Å². The summed E-state index contributed by atoms with van der Waals surface area (Å²) in [5.74, 6) is -3.88. The number of amides is 2. The van der Waals surface area contributed by atoms with Crippen LogP contribution < -0.4 is 5.32 Å². The van der Waals surface area contributed by atoms with E-state index in [1.54, 1.807) is 20.8 Å². The zero-order valence-corrected chi connectivity index (χ0v) is 18.7. The summed E-state index contributed by atoms with van der Waals surface area (Å²) < 4.78 is 73.8. The number of piperidine rings is 1. The third-order valence-corrected chi connectivity index (χ3v) is 6.04. The van der Waals surface area contributed by atoms with E-state index < -0.39 is 36.4 Å². The number of carbonyl (C=O) groups is 2. The lowest BCUT2D eigenvalue weighted by molar-refractivity contribution is -0.345. The van der Waals surface area contributed by atoms with Gasteiger partial charge in [-0.15, -0.1) is 13.2 Å². The fraction of sp³-hybridized carbons (Fsp3) is 0.905. The van der Waals surface area contributed by atoms with Crippen molar-refractivity contribution in [3.63, 3.8) is 0 Å². The Morgan fingerprint density at radius 1 is 1.06 bits per heavy atom. The van der Waals surface area contributed by atoms with Gasteiger partial charge in [0.25, 0.3) is 0 Å². The third-order valence-electron chi connectivity index (χ3n) is 6.04. The molecule has 1 aliphatic heterocycles. The summed E-state index contributed by atoms with van der Waals surface area (Å²) in [5.41, 5.74) is 0. The average Bonchev–Trinajstić information content (AvgIpc) is 2.69. The molecule has 0 aromatic carbocycles. The molecule has 0 spiro atoms. The van der Waals surface area contributed by atoms with Crippen LogP contribution in [0.5, 0.6) is 0 Å². The molecule has 2 fully saturated rings. The molecule has 1 saturated carbocycles. The van der Waals surface area contributed by atoms with Gasteiger partial charge in [0.1, 0.15) is 6.04 Å². The van der Waals surface area contributed by atoms with Gasteiger partial charge in [-0.2, -0.15) is 0 Å². The lowest BCUT2D eigenvalue weighted by Crippen LogP contribution is -2.57. The highest BCUT2D eigenvalue weighted by Crippen LogP contribution is 2.36. The van der Waals surface area contributed by atoms with E-state index in [-0.39, 0.29) is 63.1 Å². The first-order valence-electron chi connectivity index (χ1n) is 11.1. The van der Waals surface area contributed by atoms with Crippen molar-refractivity contribution >= 4 is 11.8 Å². The Kier molecular flexibility index (Phi) is 9.27. The fourth-order valence-electron chi connectivity index (χ4n) is 3.93. The van der Waals surface area contributed by atoms with Crippen LogP contribution in [0.1, 0.15) is 59.3 Å². The van der Waals surface area contributed by atoms with Gasteiger partial charge < -0.3 is 15.0 Å². The second-order valence-corrected chi connectivity index (χ2v) is 9.07. The van der Waals surface area contributed by atoms with E-state index in [9.17, 15) is 31.5 Å². The van der Waals surface area contributed by atoms with Crippen LogP contribution in [0.3, 0.4) is 0 Å². The molecular formula is C21H33F5N2O4. The lowest BCUT2D eigenvalue weighted by atomic mass is 9.87. The summed E-state index contributed by atoms with van der Waals surface area (Å²) in [6.45, 7) is 5.30. The Labute approximate surface area is 185 Å². The molecule has 1 saturated heterocycles. The Balaban J connectivity index is 1.95. The quantitative estimate of drug-likeness (QED) is 0.545. The van der Waals surface area contributed by atoms with Crippen LogP contribution in [0.4, 0.5) is 22.0 Å². The second-order valence-electron chi connectivity index (χ2n) is 9.07. The summed E-state index contributed by atoms with van der Waals surface area (Å²) in [6.07, 6.45) is -6.16. The highest BCUT2D eigenvalue weighted by Gasteiger charge is 2.39. The molecule has 1 heterocycles. The lowest BCUT2D eigenvalue weighted by Gasteiger charge is -2.36. The monoisotopic (exact) mass is 472 g/mol. The van der Waals surface area contributed by atoms with Crippen molar-refractivity contribution in [3.8, 4) is 0 Å². The molecule has 11 heteroatoms. The number of nitrogens with one attached hydrogen (secondary N) is 1. The van der Waals surface area contributed by atoms with Crippen molar-refractivity contribution in [1.29, 1.82) is 0 Å². The zero-order chi connectivity index (χ0) is 24.1. The highest BCUT2D eigenvalue weighted by molar-refractivity contribution is 5.88. The third kappa shape index (κ3) is 8.46. The van der Waals surface area contributed by atoms with Crippen LogP contribution in [0, 0.1) is 11.8 Å². The van der Waals surface area contributed by atoms with Crippen LogP contribution in [0.2, 0.25) is 0 Å². The second kappa shape index (κ2) is 11.1. The van der Waals surface area contributed by atoms with Gasteiger partial charge in [-0.25, -0.2) is 8.78 Å². The number of likely N-dealkylation sites (tertiary alicyclic amines) is 1. The first kappa shape index (κ1) is 26.8. The van der Waals surface area contributed by atoms with Crippen molar-refractivity contribution in [2.24, 2.45) is 11.8 Å². The molecule has 1 aliphatic carbocycles. The summed E-state index contributed by atoms with van der Waals surface area (Å²) in [6, 6.07) is -1.02. The number of halogens is 5. The van der Waals surface area contributed by atoms with Gasteiger partial charge in [0, 0.05) is 38.5 Å². The molecule has 1 N–H and O–H groups in total. The van der Waals surface area contributed by atoms with Gasteiger partial charge in [0.05, 0.1) is 12.2 Å². The summed E-state index contributed by atoms with van der Waals surface area (Å²) >= 11 is 0. The molecular weight excluding hydrogens is 439 g/mol. The molecule has 186 valence electrons. The molecule has 2 unspecified atom stereocenters. The van der Waals surface area contributed by atoms with E-state index in [0.29, 0.717) is 12.8 Å². The molecule has 32 heavy (non-hydrogen) atoms. The number of hydrogen-bond acceptors (Lipinski definition) is 4. The minimum absolute atomic E-state index is 0.0294. The maximum absolute atomic E-state index is 13.3. The number of hydrogen-bond donors (Lipinski definition) is 1. The first-order valence-corrected chi connectivity index (χ1v) is 11.1. The van der Waals surface area contributed by atoms with Crippen LogP contribution in [-0.2, 0) is 19.1 Å². The van der Waals surface area contributed by atoms with Crippen LogP contribution in [0.15, 0.2) is 0 Å². The van der Waals surface area contributed by atoms with Gasteiger partial charge in [-0.05, 0) is 38.5 Å². The highest BCUT2D eigenvalue weighted by atomic mass is 19.4. The minimum Gasteiger partial charge on any atom is -0.376 e. The standard InChI is InChI=1S/C21H33F5N2O4/c1-13(2)18(29)27-17(14(3)31-12-15-4-8-20(22,23)9-5-15)19(30)28-10-6-16(7-11-28)32-21(24,25)26/h13-17H,4-12H2,1-3H3,(H,27,29). The molecule has 0 aromatic heterocycles. The minimum atomic E-state index is -4.73. The van der Waals surface area contributed by atoms with Crippen LogP contribution >= 0.6 is 0 Å². The largest absolute Gasteiger partial charge is 0.522 e. The number of alkyl halides is 5. The van der Waals surface area contributed by atoms with E-state index in [1.165, 1.54) is 4.90 Å². The molecule has 0 aromatic rings. The summed E-state index contributed by atoms with van der Waals surface area (Å²) in [5, 5.41) is 2.68. The maximum atomic E-state index is 13.3. The summed E-state index contributed by atoms with van der Waals surface area (Å²) in [7, 11) is 0. The smallest absolute Gasteiger partial charge is 0.376 e. The molecule has 0 radical (unpaired) electrons. The SMILES string of the molecule is CC(C)C(=O)NC(C(=O)N1CCC(OC(F)(F)F)CC1)C(C)OCC1CCC(F)(F)CC1. The van der Waals surface area contributed by atoms with Crippen LogP contribution in [0.25, 0.3) is 0 Å². The number of rotatable bonds is 8. The van der Waals surface area contributed by atoms with E-state index in [2.05, 4.69) is 10.1 Å². The number of nitrogens with zero attached hydrogens (tertiary/aromatic N) is 1. The molecule has 2 aliphatic rings. The molecule has 2 amide bonds. The van der Waals surface area contributed by atoms with E-state index >= 15 is 0 Å². The summed E-state index contributed by atoms with van der Waals surface area (Å²) in [4.78, 5) is 26.8. The van der Waals surface area contributed by atoms with Gasteiger partial charge in [-0.3, -0.25) is 14.3 Å². The Morgan fingerprint density at radius 3 is 2.12 bits per heavy atom. The van der Waals surface area contributed by atoms with E-state index in [1.807, 2.05) is 0 Å². The Morgan fingerprint density at radius 2 is 1.62 bits per heavy atom. The van der Waals surface area contributed by atoms with Crippen molar-refractivity contribution < 1.29 is 41.0 Å². The maximum Gasteiger partial charge on any atom is 0.522 e. The molecule has 0 bridgehead atoms. The van der Waals surface area contributed by atoms with Crippen LogP contribution in [-0.4, -0.2) is 66.9 Å². The first-order chi connectivity index (χ1) is 14.8. The normalized spacial score (nSPS) is 22.6. The average molecular weight is 472 g/mol. The Bertz CT molecular complexity index is 626. The zero-order valence-electron chi connectivity index (χ0n) is 18.7. The topological polar surface area (TPSA) is 67.9 Å². The number of carbonyl (C=O) groups excluding carboxylic acids is 2. The van der Waals surface area contributed by atoms with Gasteiger partial charge in [0.2, 0.25) is 17.7 Å². The van der Waals surface area contributed by atoms with Crippen molar-refractivity contribution in [2.45, 2.75) is 89.8 Å². The van der Waals surface area contributed by atoms with Crippen molar-refractivity contribution in [2.75, 3.05) is 19.7 Å². The fourth-order valence-corrected chi connectivity index (χ4v) is 3.93.